The average Bonchev–Trinajstić information content (AvgIpc) is 2.91. The van der Waals surface area contributed by atoms with E-state index in [2.05, 4.69) is 5.32 Å². The van der Waals surface area contributed by atoms with Gasteiger partial charge in [0.05, 0.1) is 6.61 Å². The number of amides is 1. The summed E-state index contributed by atoms with van der Waals surface area (Å²) in [6.45, 7) is 5.05. The van der Waals surface area contributed by atoms with Gasteiger partial charge in [0.2, 0.25) is 0 Å². The van der Waals surface area contributed by atoms with Gasteiger partial charge < -0.3 is 15.2 Å². The van der Waals surface area contributed by atoms with Crippen LogP contribution in [-0.2, 0) is 4.74 Å². The zero-order valence-corrected chi connectivity index (χ0v) is 12.5. The monoisotopic (exact) mass is 295 g/mol. The maximum Gasteiger partial charge on any atom is 0.251 e. The van der Waals surface area contributed by atoms with Crippen molar-refractivity contribution in [3.63, 3.8) is 0 Å². The van der Waals surface area contributed by atoms with Crippen molar-refractivity contribution in [1.82, 2.24) is 5.32 Å². The van der Waals surface area contributed by atoms with Crippen molar-refractivity contribution >= 4 is 5.91 Å². The lowest BCUT2D eigenvalue weighted by Gasteiger charge is -2.26. The molecule has 1 fully saturated rings. The molecule has 0 radical (unpaired) electrons. The Morgan fingerprint density at radius 2 is 2.10 bits per heavy atom. The minimum atomic E-state index is -0.271. The van der Waals surface area contributed by atoms with E-state index in [-0.39, 0.29) is 23.7 Å². The van der Waals surface area contributed by atoms with E-state index < -0.39 is 0 Å². The second-order valence-corrected chi connectivity index (χ2v) is 5.88. The van der Waals surface area contributed by atoms with Gasteiger partial charge in [-0.25, -0.2) is 4.39 Å². The van der Waals surface area contributed by atoms with Crippen molar-refractivity contribution in [2.24, 2.45) is 5.41 Å². The van der Waals surface area contributed by atoms with Gasteiger partial charge in [-0.2, -0.15) is 0 Å². The normalized spacial score (nSPS) is 21.5. The van der Waals surface area contributed by atoms with Crippen LogP contribution in [-0.4, -0.2) is 37.4 Å². The Bertz CT molecular complexity index is 501. The van der Waals surface area contributed by atoms with Crippen LogP contribution in [0.3, 0.4) is 0 Å². The minimum absolute atomic E-state index is 0.0774. The molecule has 116 valence electrons. The van der Waals surface area contributed by atoms with E-state index in [9.17, 15) is 9.18 Å². The zero-order chi connectivity index (χ0) is 15.5. The summed E-state index contributed by atoms with van der Waals surface area (Å²) < 4.78 is 19.0. The van der Waals surface area contributed by atoms with Crippen LogP contribution < -0.4 is 5.32 Å². The summed E-state index contributed by atoms with van der Waals surface area (Å²) in [6, 6.07) is 3.11. The Labute approximate surface area is 124 Å². The third-order valence-corrected chi connectivity index (χ3v) is 4.15. The molecule has 1 heterocycles. The van der Waals surface area contributed by atoms with Crippen LogP contribution in [0, 0.1) is 25.1 Å². The largest absolute Gasteiger partial charge is 0.396 e. The Hall–Kier alpha value is -1.46. The molecule has 1 aromatic rings. The van der Waals surface area contributed by atoms with E-state index in [0.29, 0.717) is 42.9 Å². The predicted molar refractivity (Wildman–Crippen MR) is 77.8 cm³/mol. The molecular formula is C16H22FNO3. The van der Waals surface area contributed by atoms with Crippen LogP contribution in [0.5, 0.6) is 0 Å². The highest BCUT2D eigenvalue weighted by Crippen LogP contribution is 2.31. The summed E-state index contributed by atoms with van der Waals surface area (Å²) in [6.07, 6.45) is 1.43. The molecule has 0 saturated carbocycles. The third-order valence-electron chi connectivity index (χ3n) is 4.15. The number of hydrogen-bond acceptors (Lipinski definition) is 3. The van der Waals surface area contributed by atoms with Crippen LogP contribution in [0.4, 0.5) is 4.39 Å². The van der Waals surface area contributed by atoms with Crippen molar-refractivity contribution in [3.8, 4) is 0 Å². The first-order valence-corrected chi connectivity index (χ1v) is 7.21. The predicted octanol–water partition coefficient (Wildman–Crippen LogP) is 1.96. The molecule has 1 aliphatic rings. The van der Waals surface area contributed by atoms with Gasteiger partial charge in [0.1, 0.15) is 5.82 Å². The highest BCUT2D eigenvalue weighted by atomic mass is 19.1. The number of nitrogens with one attached hydrogen (secondary N) is 1. The van der Waals surface area contributed by atoms with E-state index in [1.165, 1.54) is 0 Å². The summed E-state index contributed by atoms with van der Waals surface area (Å²) in [7, 11) is 0. The van der Waals surface area contributed by atoms with Gasteiger partial charge in [0.15, 0.2) is 0 Å². The lowest BCUT2D eigenvalue weighted by molar-refractivity contribution is 0.0889. The standard InChI is InChI=1S/C16H22FNO3/c1-11-7-13(8-12(2)14(11)17)15(20)18-9-16(3-5-19)4-6-21-10-16/h7-8,19H,3-6,9-10H2,1-2H3,(H,18,20). The summed E-state index contributed by atoms with van der Waals surface area (Å²) in [5.41, 5.74) is 1.21. The first-order valence-electron chi connectivity index (χ1n) is 7.21. The Balaban J connectivity index is 2.04. The van der Waals surface area contributed by atoms with Gasteiger partial charge in [0, 0.05) is 30.7 Å². The summed E-state index contributed by atoms with van der Waals surface area (Å²) in [5.74, 6) is -0.488. The Kier molecular flexibility index (Phi) is 4.96. The van der Waals surface area contributed by atoms with E-state index in [1.807, 2.05) is 0 Å². The average molecular weight is 295 g/mol. The van der Waals surface area contributed by atoms with Crippen molar-refractivity contribution in [2.45, 2.75) is 26.7 Å². The summed E-state index contributed by atoms with van der Waals surface area (Å²) >= 11 is 0. The smallest absolute Gasteiger partial charge is 0.251 e. The SMILES string of the molecule is Cc1cc(C(=O)NCC2(CCO)CCOC2)cc(C)c1F. The second-order valence-electron chi connectivity index (χ2n) is 5.88. The fourth-order valence-corrected chi connectivity index (χ4v) is 2.76. The molecule has 2 rings (SSSR count). The molecule has 1 atom stereocenters. The number of aliphatic hydroxyl groups is 1. The molecule has 1 unspecified atom stereocenters. The molecule has 1 saturated heterocycles. The Morgan fingerprint density at radius 1 is 1.43 bits per heavy atom. The van der Waals surface area contributed by atoms with Gasteiger partial charge >= 0.3 is 0 Å². The third kappa shape index (κ3) is 3.60. The van der Waals surface area contributed by atoms with Crippen LogP contribution in [0.15, 0.2) is 12.1 Å². The number of aryl methyl sites for hydroxylation is 2. The molecule has 0 aromatic heterocycles. The van der Waals surface area contributed by atoms with Crippen LogP contribution in [0.25, 0.3) is 0 Å². The van der Waals surface area contributed by atoms with E-state index in [0.717, 1.165) is 6.42 Å². The summed E-state index contributed by atoms with van der Waals surface area (Å²) in [4.78, 5) is 12.2. The Morgan fingerprint density at radius 3 is 2.62 bits per heavy atom. The fraction of sp³-hybridized carbons (Fsp3) is 0.562. The number of rotatable bonds is 5. The number of carbonyl (C=O) groups excluding carboxylic acids is 1. The molecule has 0 bridgehead atoms. The topological polar surface area (TPSA) is 58.6 Å². The summed E-state index contributed by atoms with van der Waals surface area (Å²) in [5, 5.41) is 12.1. The first-order chi connectivity index (χ1) is 9.97. The van der Waals surface area contributed by atoms with Gasteiger partial charge in [0.25, 0.3) is 5.91 Å². The lowest BCUT2D eigenvalue weighted by Crippen LogP contribution is -2.38. The second kappa shape index (κ2) is 6.54. The van der Waals surface area contributed by atoms with Crippen LogP contribution >= 0.6 is 0 Å². The lowest BCUT2D eigenvalue weighted by atomic mass is 9.84. The van der Waals surface area contributed by atoms with Gasteiger partial charge in [-0.05, 0) is 49.9 Å². The molecular weight excluding hydrogens is 273 g/mol. The van der Waals surface area contributed by atoms with Crippen molar-refractivity contribution in [1.29, 1.82) is 0 Å². The van der Waals surface area contributed by atoms with Gasteiger partial charge in [-0.1, -0.05) is 0 Å². The molecule has 1 amide bonds. The molecule has 0 spiro atoms. The first kappa shape index (κ1) is 15.9. The molecule has 1 aromatic carbocycles. The van der Waals surface area contributed by atoms with Crippen LogP contribution in [0.2, 0.25) is 0 Å². The zero-order valence-electron chi connectivity index (χ0n) is 12.5. The number of benzene rings is 1. The van der Waals surface area contributed by atoms with Gasteiger partial charge in [-0.15, -0.1) is 0 Å². The highest BCUT2D eigenvalue weighted by molar-refractivity contribution is 5.94. The molecule has 0 aliphatic carbocycles. The van der Waals surface area contributed by atoms with Crippen molar-refractivity contribution in [3.05, 3.63) is 34.6 Å². The number of halogens is 1. The number of ether oxygens (including phenoxy) is 1. The van der Waals surface area contributed by atoms with Crippen molar-refractivity contribution in [2.75, 3.05) is 26.4 Å². The molecule has 21 heavy (non-hydrogen) atoms. The maximum atomic E-state index is 13.6. The number of aliphatic hydroxyl groups excluding tert-OH is 1. The number of hydrogen-bond donors (Lipinski definition) is 2. The fourth-order valence-electron chi connectivity index (χ4n) is 2.76. The van der Waals surface area contributed by atoms with E-state index >= 15 is 0 Å². The van der Waals surface area contributed by atoms with Crippen molar-refractivity contribution < 1.29 is 19.0 Å². The maximum absolute atomic E-state index is 13.6. The minimum Gasteiger partial charge on any atom is -0.396 e. The quantitative estimate of drug-likeness (QED) is 0.873. The number of carbonyl (C=O) groups is 1. The molecule has 4 nitrogen and oxygen atoms in total. The molecule has 5 heteroatoms. The molecule has 1 aliphatic heterocycles. The van der Waals surface area contributed by atoms with E-state index in [4.69, 9.17) is 9.84 Å². The van der Waals surface area contributed by atoms with Crippen LogP contribution in [0.1, 0.15) is 34.3 Å². The highest BCUT2D eigenvalue weighted by Gasteiger charge is 2.34. The molecule has 2 N–H and O–H groups in total. The van der Waals surface area contributed by atoms with E-state index in [1.54, 1.807) is 26.0 Å². The van der Waals surface area contributed by atoms with Gasteiger partial charge in [-0.3, -0.25) is 4.79 Å².